The fraction of sp³-hybridized carbons (Fsp3) is 0.120. The SMILES string of the molecule is O=C1C(=O)N(CCc2ccccc2)C(c2cccc(Br)c2)C1=C(O)c1ccc(F)cc1. The van der Waals surface area contributed by atoms with Gasteiger partial charge in [0, 0.05) is 16.6 Å². The number of likely N-dealkylation sites (tertiary alicyclic amines) is 1. The summed E-state index contributed by atoms with van der Waals surface area (Å²) >= 11 is 3.44. The van der Waals surface area contributed by atoms with Crippen LogP contribution in [0.15, 0.2) is 88.9 Å². The summed E-state index contributed by atoms with van der Waals surface area (Å²) in [5.74, 6) is -2.18. The molecule has 1 fully saturated rings. The van der Waals surface area contributed by atoms with E-state index in [1.807, 2.05) is 54.6 Å². The summed E-state index contributed by atoms with van der Waals surface area (Å²) in [6.45, 7) is 0.311. The van der Waals surface area contributed by atoms with E-state index in [0.29, 0.717) is 18.5 Å². The quantitative estimate of drug-likeness (QED) is 0.308. The van der Waals surface area contributed by atoms with E-state index < -0.39 is 23.5 Å². The number of aliphatic hydroxyl groups is 1. The molecule has 1 aliphatic heterocycles. The van der Waals surface area contributed by atoms with E-state index in [-0.39, 0.29) is 16.9 Å². The van der Waals surface area contributed by atoms with Crippen LogP contribution in [-0.2, 0) is 16.0 Å². The predicted molar refractivity (Wildman–Crippen MR) is 120 cm³/mol. The summed E-state index contributed by atoms with van der Waals surface area (Å²) in [5, 5.41) is 10.9. The first-order valence-corrected chi connectivity index (χ1v) is 10.6. The number of rotatable bonds is 5. The number of ketones is 1. The largest absolute Gasteiger partial charge is 0.507 e. The third kappa shape index (κ3) is 4.30. The number of halogens is 2. The van der Waals surface area contributed by atoms with Gasteiger partial charge in [-0.25, -0.2) is 4.39 Å². The van der Waals surface area contributed by atoms with Crippen LogP contribution < -0.4 is 0 Å². The van der Waals surface area contributed by atoms with Crippen LogP contribution in [0.25, 0.3) is 5.76 Å². The lowest BCUT2D eigenvalue weighted by molar-refractivity contribution is -0.139. The number of carbonyl (C=O) groups excluding carboxylic acids is 2. The van der Waals surface area contributed by atoms with Gasteiger partial charge >= 0.3 is 0 Å². The van der Waals surface area contributed by atoms with Gasteiger partial charge in [0.15, 0.2) is 0 Å². The molecule has 0 spiro atoms. The molecular weight excluding hydrogens is 461 g/mol. The normalized spacial score (nSPS) is 17.9. The molecule has 4 nitrogen and oxygen atoms in total. The highest BCUT2D eigenvalue weighted by atomic mass is 79.9. The fourth-order valence-electron chi connectivity index (χ4n) is 3.79. The number of carbonyl (C=O) groups is 2. The average molecular weight is 480 g/mol. The molecule has 3 aromatic rings. The van der Waals surface area contributed by atoms with Crippen molar-refractivity contribution in [1.29, 1.82) is 0 Å². The van der Waals surface area contributed by atoms with Gasteiger partial charge in [-0.3, -0.25) is 9.59 Å². The van der Waals surface area contributed by atoms with Crippen LogP contribution in [0.3, 0.4) is 0 Å². The zero-order chi connectivity index (χ0) is 22.0. The van der Waals surface area contributed by atoms with Crippen LogP contribution in [0.2, 0.25) is 0 Å². The summed E-state index contributed by atoms with van der Waals surface area (Å²) in [4.78, 5) is 27.4. The van der Waals surface area contributed by atoms with E-state index >= 15 is 0 Å². The molecule has 0 radical (unpaired) electrons. The first-order chi connectivity index (χ1) is 15.0. The summed E-state index contributed by atoms with van der Waals surface area (Å²) in [6, 6.07) is 21.4. The predicted octanol–water partition coefficient (Wildman–Crippen LogP) is 5.25. The molecule has 1 aliphatic rings. The van der Waals surface area contributed by atoms with Gasteiger partial charge in [0.2, 0.25) is 0 Å². The first-order valence-electron chi connectivity index (χ1n) is 9.79. The zero-order valence-corrected chi connectivity index (χ0v) is 18.0. The van der Waals surface area contributed by atoms with Gasteiger partial charge in [-0.15, -0.1) is 0 Å². The Bertz CT molecular complexity index is 1160. The van der Waals surface area contributed by atoms with Crippen LogP contribution in [0, 0.1) is 5.82 Å². The lowest BCUT2D eigenvalue weighted by Crippen LogP contribution is -2.31. The number of benzene rings is 3. The number of hydrogen-bond acceptors (Lipinski definition) is 3. The van der Waals surface area contributed by atoms with Crippen LogP contribution in [0.1, 0.15) is 22.7 Å². The molecule has 6 heteroatoms. The molecular formula is C25H19BrFNO3. The molecule has 0 bridgehead atoms. The minimum atomic E-state index is -0.750. The molecule has 1 amide bonds. The highest BCUT2D eigenvalue weighted by molar-refractivity contribution is 9.10. The smallest absolute Gasteiger partial charge is 0.295 e. The highest BCUT2D eigenvalue weighted by Crippen LogP contribution is 2.40. The molecule has 1 heterocycles. The van der Waals surface area contributed by atoms with E-state index in [1.165, 1.54) is 29.2 Å². The van der Waals surface area contributed by atoms with E-state index in [9.17, 15) is 19.1 Å². The molecule has 0 saturated carbocycles. The highest BCUT2D eigenvalue weighted by Gasteiger charge is 2.45. The van der Waals surface area contributed by atoms with Crippen molar-refractivity contribution in [1.82, 2.24) is 4.90 Å². The van der Waals surface area contributed by atoms with E-state index in [2.05, 4.69) is 15.9 Å². The number of aliphatic hydroxyl groups excluding tert-OH is 1. The average Bonchev–Trinajstić information content (AvgIpc) is 3.03. The molecule has 1 N–H and O–H groups in total. The Kier molecular flexibility index (Phi) is 6.00. The van der Waals surface area contributed by atoms with E-state index in [0.717, 1.165) is 10.0 Å². The second kappa shape index (κ2) is 8.86. The minimum absolute atomic E-state index is 0.00256. The molecule has 1 atom stereocenters. The Hall–Kier alpha value is -3.25. The van der Waals surface area contributed by atoms with Crippen LogP contribution >= 0.6 is 15.9 Å². The number of amides is 1. The van der Waals surface area contributed by atoms with Crippen molar-refractivity contribution >= 4 is 33.4 Å². The molecule has 4 rings (SSSR count). The second-order valence-corrected chi connectivity index (χ2v) is 8.21. The lowest BCUT2D eigenvalue weighted by Gasteiger charge is -2.25. The monoisotopic (exact) mass is 479 g/mol. The molecule has 1 saturated heterocycles. The van der Waals surface area contributed by atoms with Gasteiger partial charge in [0.05, 0.1) is 11.6 Å². The summed E-state index contributed by atoms with van der Waals surface area (Å²) in [7, 11) is 0. The summed E-state index contributed by atoms with van der Waals surface area (Å²) < 4.78 is 14.1. The van der Waals surface area contributed by atoms with Gasteiger partial charge < -0.3 is 10.0 Å². The van der Waals surface area contributed by atoms with Gasteiger partial charge in [0.25, 0.3) is 11.7 Å². The van der Waals surface area contributed by atoms with Crippen molar-refractivity contribution in [3.05, 3.63) is 111 Å². The van der Waals surface area contributed by atoms with Crippen LogP contribution in [0.5, 0.6) is 0 Å². The standard InChI is InChI=1S/C25H19BrFNO3/c26-19-8-4-7-18(15-19)22-21(23(29)17-9-11-20(27)12-10-17)24(30)25(31)28(22)14-13-16-5-2-1-3-6-16/h1-12,15,22,29H,13-14H2. The van der Waals surface area contributed by atoms with Crippen molar-refractivity contribution in [3.8, 4) is 0 Å². The zero-order valence-electron chi connectivity index (χ0n) is 16.5. The number of hydrogen-bond donors (Lipinski definition) is 1. The Balaban J connectivity index is 1.79. The Morgan fingerprint density at radius 2 is 1.68 bits per heavy atom. The lowest BCUT2D eigenvalue weighted by atomic mass is 9.95. The van der Waals surface area contributed by atoms with E-state index in [1.54, 1.807) is 0 Å². The number of nitrogens with zero attached hydrogens (tertiary/aromatic N) is 1. The van der Waals surface area contributed by atoms with Gasteiger partial charge in [-0.2, -0.15) is 0 Å². The van der Waals surface area contributed by atoms with E-state index in [4.69, 9.17) is 0 Å². The summed E-state index contributed by atoms with van der Waals surface area (Å²) in [6.07, 6.45) is 0.564. The molecule has 0 aliphatic carbocycles. The summed E-state index contributed by atoms with van der Waals surface area (Å²) in [5.41, 5.74) is 2.02. The van der Waals surface area contributed by atoms with Gasteiger partial charge in [-0.1, -0.05) is 58.4 Å². The minimum Gasteiger partial charge on any atom is -0.507 e. The molecule has 0 aromatic heterocycles. The Labute approximate surface area is 187 Å². The number of Topliss-reactive ketones (excluding diaryl/α,β-unsaturated/α-hetero) is 1. The Morgan fingerprint density at radius 1 is 0.968 bits per heavy atom. The van der Waals surface area contributed by atoms with Gasteiger partial charge in [-0.05, 0) is 53.9 Å². The Morgan fingerprint density at radius 3 is 2.35 bits per heavy atom. The van der Waals surface area contributed by atoms with Crippen molar-refractivity contribution in [2.75, 3.05) is 6.54 Å². The fourth-order valence-corrected chi connectivity index (χ4v) is 4.21. The van der Waals surface area contributed by atoms with Crippen molar-refractivity contribution < 1.29 is 19.1 Å². The van der Waals surface area contributed by atoms with Crippen molar-refractivity contribution in [2.24, 2.45) is 0 Å². The second-order valence-electron chi connectivity index (χ2n) is 7.29. The topological polar surface area (TPSA) is 57.6 Å². The maximum absolute atomic E-state index is 13.3. The van der Waals surface area contributed by atoms with Crippen LogP contribution in [0.4, 0.5) is 4.39 Å². The third-order valence-corrected chi connectivity index (χ3v) is 5.80. The molecule has 1 unspecified atom stereocenters. The van der Waals surface area contributed by atoms with Crippen molar-refractivity contribution in [3.63, 3.8) is 0 Å². The maximum Gasteiger partial charge on any atom is 0.295 e. The first kappa shape index (κ1) is 21.0. The maximum atomic E-state index is 13.3. The van der Waals surface area contributed by atoms with Crippen LogP contribution in [-0.4, -0.2) is 28.2 Å². The third-order valence-electron chi connectivity index (χ3n) is 5.31. The van der Waals surface area contributed by atoms with Gasteiger partial charge in [0.1, 0.15) is 11.6 Å². The van der Waals surface area contributed by atoms with Crippen molar-refractivity contribution in [2.45, 2.75) is 12.5 Å². The molecule has 156 valence electrons. The molecule has 3 aromatic carbocycles. The molecule has 31 heavy (non-hydrogen) atoms.